The summed E-state index contributed by atoms with van der Waals surface area (Å²) in [6.07, 6.45) is 0.137. The SMILES string of the molecule is CC(C)(C)OC(=O)N(C(=O)OCc1ccccc1)[C@@H](/C=C/CCS(=O)(=O)Cl)C(=O)OC(C)(C)c1ccccc1. The van der Waals surface area contributed by atoms with Gasteiger partial charge >= 0.3 is 18.2 Å². The van der Waals surface area contributed by atoms with E-state index in [1.807, 2.05) is 6.07 Å². The van der Waals surface area contributed by atoms with Crippen LogP contribution in [0.5, 0.6) is 0 Å². The number of hydrogen-bond donors (Lipinski definition) is 0. The first-order valence-corrected chi connectivity index (χ1v) is 14.7. The van der Waals surface area contributed by atoms with E-state index in [1.165, 1.54) is 12.2 Å². The third-order valence-electron chi connectivity index (χ3n) is 5.18. The third kappa shape index (κ3) is 11.1. The maximum absolute atomic E-state index is 13.5. The summed E-state index contributed by atoms with van der Waals surface area (Å²) in [7, 11) is 1.47. The summed E-state index contributed by atoms with van der Waals surface area (Å²) in [5.74, 6) is -1.39. The minimum absolute atomic E-state index is 0.0844. The first kappa shape index (κ1) is 31.8. The Morgan fingerprint density at radius 3 is 2.00 bits per heavy atom. The van der Waals surface area contributed by atoms with Crippen LogP contribution in [0.3, 0.4) is 0 Å². The van der Waals surface area contributed by atoms with Gasteiger partial charge in [0.1, 0.15) is 17.8 Å². The van der Waals surface area contributed by atoms with E-state index < -0.39 is 50.2 Å². The van der Waals surface area contributed by atoms with Crippen LogP contribution in [0.2, 0.25) is 0 Å². The molecule has 0 spiro atoms. The van der Waals surface area contributed by atoms with Crippen molar-refractivity contribution in [3.05, 3.63) is 83.9 Å². The van der Waals surface area contributed by atoms with E-state index in [-0.39, 0.29) is 13.0 Å². The molecule has 212 valence electrons. The Labute approximate surface area is 234 Å². The highest BCUT2D eigenvalue weighted by Crippen LogP contribution is 2.26. The van der Waals surface area contributed by atoms with Crippen LogP contribution in [0.15, 0.2) is 72.8 Å². The molecule has 0 unspecified atom stereocenters. The zero-order chi connectivity index (χ0) is 29.3. The van der Waals surface area contributed by atoms with Gasteiger partial charge in [0.15, 0.2) is 6.04 Å². The second-order valence-corrected chi connectivity index (χ2v) is 13.0. The lowest BCUT2D eigenvalue weighted by Gasteiger charge is -2.32. The van der Waals surface area contributed by atoms with E-state index >= 15 is 0 Å². The van der Waals surface area contributed by atoms with Gasteiger partial charge in [-0.3, -0.25) is 0 Å². The molecule has 0 aromatic heterocycles. The van der Waals surface area contributed by atoms with Crippen molar-refractivity contribution in [2.24, 2.45) is 0 Å². The molecule has 0 saturated carbocycles. The monoisotopic (exact) mass is 579 g/mol. The summed E-state index contributed by atoms with van der Waals surface area (Å²) < 4.78 is 39.3. The number of amides is 2. The molecule has 0 radical (unpaired) electrons. The number of imide groups is 1. The number of ether oxygens (including phenoxy) is 3. The van der Waals surface area contributed by atoms with Gasteiger partial charge in [0.25, 0.3) is 0 Å². The Balaban J connectivity index is 2.44. The van der Waals surface area contributed by atoms with Crippen LogP contribution in [-0.2, 0) is 40.3 Å². The third-order valence-corrected chi connectivity index (χ3v) is 6.37. The predicted octanol–water partition coefficient (Wildman–Crippen LogP) is 5.92. The van der Waals surface area contributed by atoms with Crippen molar-refractivity contribution < 1.29 is 37.0 Å². The smallest absolute Gasteiger partial charge is 0.420 e. The number of rotatable bonds is 10. The van der Waals surface area contributed by atoms with Crippen molar-refractivity contribution in [3.8, 4) is 0 Å². The molecule has 0 aliphatic heterocycles. The largest absolute Gasteiger partial charge is 0.453 e. The van der Waals surface area contributed by atoms with Crippen molar-refractivity contribution in [1.82, 2.24) is 4.90 Å². The molecular weight excluding hydrogens is 546 g/mol. The molecular formula is C28H34ClNO8S. The van der Waals surface area contributed by atoms with Crippen molar-refractivity contribution in [2.45, 2.75) is 64.9 Å². The number of hydrogen-bond acceptors (Lipinski definition) is 8. The number of halogens is 1. The van der Waals surface area contributed by atoms with Crippen LogP contribution in [0.1, 0.15) is 52.2 Å². The first-order valence-electron chi connectivity index (χ1n) is 12.2. The molecule has 0 bridgehead atoms. The standard InChI is InChI=1S/C28H34ClNO8S/c1-27(2,3)38-26(33)30(25(32)36-20-21-14-8-6-9-15-21)23(18-12-13-19-39(29,34)35)24(31)37-28(4,5)22-16-10-7-11-17-22/h6-12,14-18,23H,13,19-20H2,1-5H3/b18-12+/t23-/m0/s1. The molecule has 1 atom stereocenters. The van der Waals surface area contributed by atoms with E-state index in [9.17, 15) is 22.8 Å². The van der Waals surface area contributed by atoms with E-state index in [2.05, 4.69) is 0 Å². The van der Waals surface area contributed by atoms with E-state index in [1.54, 1.807) is 89.2 Å². The topological polar surface area (TPSA) is 116 Å². The zero-order valence-electron chi connectivity index (χ0n) is 22.6. The maximum Gasteiger partial charge on any atom is 0.420 e. The summed E-state index contributed by atoms with van der Waals surface area (Å²) in [5.41, 5.74) is -0.826. The van der Waals surface area contributed by atoms with Crippen LogP contribution >= 0.6 is 10.7 Å². The van der Waals surface area contributed by atoms with Crippen LogP contribution < -0.4 is 0 Å². The average Bonchev–Trinajstić information content (AvgIpc) is 2.83. The Hall–Kier alpha value is -3.37. The summed E-state index contributed by atoms with van der Waals surface area (Å²) >= 11 is 0. The van der Waals surface area contributed by atoms with Gasteiger partial charge in [-0.05, 0) is 52.2 Å². The maximum atomic E-state index is 13.5. The average molecular weight is 580 g/mol. The lowest BCUT2D eigenvalue weighted by Crippen LogP contribution is -2.51. The zero-order valence-corrected chi connectivity index (χ0v) is 24.2. The molecule has 39 heavy (non-hydrogen) atoms. The van der Waals surface area contributed by atoms with Gasteiger partial charge in [0, 0.05) is 10.7 Å². The molecule has 0 heterocycles. The predicted molar refractivity (Wildman–Crippen MR) is 147 cm³/mol. The molecule has 0 aliphatic rings. The highest BCUT2D eigenvalue weighted by atomic mass is 35.7. The Morgan fingerprint density at radius 2 is 1.46 bits per heavy atom. The number of benzene rings is 2. The molecule has 0 N–H and O–H groups in total. The van der Waals surface area contributed by atoms with Gasteiger partial charge in [-0.25, -0.2) is 22.8 Å². The minimum atomic E-state index is -3.82. The first-order chi connectivity index (χ1) is 18.1. The number of esters is 1. The Bertz CT molecular complexity index is 1260. The molecule has 2 amide bonds. The van der Waals surface area contributed by atoms with E-state index in [0.29, 0.717) is 16.0 Å². The van der Waals surface area contributed by atoms with Crippen LogP contribution in [0, 0.1) is 0 Å². The summed E-state index contributed by atoms with van der Waals surface area (Å²) in [4.78, 5) is 40.5. The second kappa shape index (κ2) is 13.6. The highest BCUT2D eigenvalue weighted by Gasteiger charge is 2.40. The highest BCUT2D eigenvalue weighted by molar-refractivity contribution is 8.13. The molecule has 0 saturated heterocycles. The number of nitrogens with zero attached hydrogens (tertiary/aromatic N) is 1. The van der Waals surface area contributed by atoms with Crippen LogP contribution in [0.4, 0.5) is 9.59 Å². The summed E-state index contributed by atoms with van der Waals surface area (Å²) in [6.45, 7) is 7.95. The summed E-state index contributed by atoms with van der Waals surface area (Å²) in [5, 5.41) is 0. The molecule has 2 aromatic carbocycles. The lowest BCUT2D eigenvalue weighted by molar-refractivity contribution is -0.161. The van der Waals surface area contributed by atoms with Crippen LogP contribution in [0.25, 0.3) is 0 Å². The molecule has 11 heteroatoms. The van der Waals surface area contributed by atoms with Gasteiger partial charge in [-0.15, -0.1) is 0 Å². The Morgan fingerprint density at radius 1 is 0.897 bits per heavy atom. The number of allylic oxidation sites excluding steroid dienone is 1. The van der Waals surface area contributed by atoms with Crippen molar-refractivity contribution in [3.63, 3.8) is 0 Å². The fraction of sp³-hybridized carbons (Fsp3) is 0.393. The lowest BCUT2D eigenvalue weighted by atomic mass is 9.98. The normalized spacial score (nSPS) is 13.0. The van der Waals surface area contributed by atoms with E-state index in [4.69, 9.17) is 24.9 Å². The molecule has 9 nitrogen and oxygen atoms in total. The fourth-order valence-electron chi connectivity index (χ4n) is 3.32. The van der Waals surface area contributed by atoms with Gasteiger partial charge in [0.2, 0.25) is 9.05 Å². The second-order valence-electron chi connectivity index (χ2n) is 10.1. The molecule has 0 fully saturated rings. The van der Waals surface area contributed by atoms with Crippen molar-refractivity contribution in [1.29, 1.82) is 0 Å². The van der Waals surface area contributed by atoms with Crippen molar-refractivity contribution in [2.75, 3.05) is 5.75 Å². The molecule has 2 rings (SSSR count). The fourth-order valence-corrected chi connectivity index (χ4v) is 4.00. The Kier molecular flexibility index (Phi) is 11.1. The van der Waals surface area contributed by atoms with Crippen molar-refractivity contribution >= 4 is 37.9 Å². The van der Waals surface area contributed by atoms with Gasteiger partial charge in [-0.2, -0.15) is 4.90 Å². The number of carbonyl (C=O) groups excluding carboxylic acids is 3. The van der Waals surface area contributed by atoms with Gasteiger partial charge < -0.3 is 14.2 Å². The van der Waals surface area contributed by atoms with Gasteiger partial charge in [-0.1, -0.05) is 72.8 Å². The summed E-state index contributed by atoms with van der Waals surface area (Å²) in [6, 6.07) is 16.0. The number of carbonyl (C=O) groups is 3. The molecule has 2 aromatic rings. The van der Waals surface area contributed by atoms with Crippen LogP contribution in [-0.4, -0.2) is 48.9 Å². The van der Waals surface area contributed by atoms with E-state index in [0.717, 1.165) is 0 Å². The molecule has 0 aliphatic carbocycles. The minimum Gasteiger partial charge on any atom is -0.453 e. The van der Waals surface area contributed by atoms with Gasteiger partial charge in [0.05, 0.1) is 5.75 Å². The quantitative estimate of drug-likeness (QED) is 0.147.